The van der Waals surface area contributed by atoms with Crippen molar-refractivity contribution in [1.82, 2.24) is 0 Å². The van der Waals surface area contributed by atoms with E-state index in [9.17, 15) is 0 Å². The summed E-state index contributed by atoms with van der Waals surface area (Å²) in [5.41, 5.74) is 1.12. The van der Waals surface area contributed by atoms with Gasteiger partial charge in [-0.15, -0.1) is 0 Å². The highest BCUT2D eigenvalue weighted by molar-refractivity contribution is 5.38. The Labute approximate surface area is 90.6 Å². The van der Waals surface area contributed by atoms with Gasteiger partial charge < -0.3 is 14.6 Å². The molecule has 15 heavy (non-hydrogen) atoms. The van der Waals surface area contributed by atoms with Gasteiger partial charge in [-0.05, 0) is 30.0 Å². The standard InChI is InChI=1S/C12H18O3/c1-9(8-13)4-10-5-11(14-2)7-12(6-10)15-3/h5-7,9,13H,4,8H2,1-3H3. The molecule has 0 spiro atoms. The van der Waals surface area contributed by atoms with Crippen molar-refractivity contribution in [2.24, 2.45) is 5.92 Å². The predicted octanol–water partition coefficient (Wildman–Crippen LogP) is 1.87. The van der Waals surface area contributed by atoms with Gasteiger partial charge in [0.15, 0.2) is 0 Å². The lowest BCUT2D eigenvalue weighted by molar-refractivity contribution is 0.237. The molecular weight excluding hydrogens is 192 g/mol. The topological polar surface area (TPSA) is 38.7 Å². The van der Waals surface area contributed by atoms with E-state index in [2.05, 4.69) is 0 Å². The molecule has 0 aromatic heterocycles. The number of rotatable bonds is 5. The summed E-state index contributed by atoms with van der Waals surface area (Å²) in [6.45, 7) is 2.20. The molecule has 0 aliphatic carbocycles. The fourth-order valence-corrected chi connectivity index (χ4v) is 1.45. The first-order chi connectivity index (χ1) is 7.19. The summed E-state index contributed by atoms with van der Waals surface area (Å²) in [6.07, 6.45) is 0.823. The van der Waals surface area contributed by atoms with E-state index >= 15 is 0 Å². The Morgan fingerprint density at radius 1 is 1.13 bits per heavy atom. The predicted molar refractivity (Wildman–Crippen MR) is 59.5 cm³/mol. The van der Waals surface area contributed by atoms with E-state index in [1.165, 1.54) is 0 Å². The third-order valence-electron chi connectivity index (χ3n) is 2.31. The second kappa shape index (κ2) is 5.61. The lowest BCUT2D eigenvalue weighted by atomic mass is 10.0. The summed E-state index contributed by atoms with van der Waals surface area (Å²) in [6, 6.07) is 5.77. The lowest BCUT2D eigenvalue weighted by Gasteiger charge is -2.11. The minimum absolute atomic E-state index is 0.194. The van der Waals surface area contributed by atoms with Gasteiger partial charge in [-0.25, -0.2) is 0 Å². The van der Waals surface area contributed by atoms with Gasteiger partial charge in [-0.2, -0.15) is 0 Å². The van der Waals surface area contributed by atoms with Crippen LogP contribution in [0.25, 0.3) is 0 Å². The average molecular weight is 210 g/mol. The van der Waals surface area contributed by atoms with Gasteiger partial charge in [0.05, 0.1) is 14.2 Å². The van der Waals surface area contributed by atoms with Crippen LogP contribution in [0, 0.1) is 5.92 Å². The van der Waals surface area contributed by atoms with Crippen LogP contribution in [0.4, 0.5) is 0 Å². The first kappa shape index (κ1) is 11.9. The normalized spacial score (nSPS) is 12.3. The zero-order valence-electron chi connectivity index (χ0n) is 9.49. The Bertz CT molecular complexity index is 287. The zero-order valence-corrected chi connectivity index (χ0v) is 9.49. The molecule has 0 bridgehead atoms. The van der Waals surface area contributed by atoms with Crippen molar-refractivity contribution in [3.8, 4) is 11.5 Å². The first-order valence-electron chi connectivity index (χ1n) is 5.02. The molecule has 84 valence electrons. The Morgan fingerprint density at radius 2 is 1.67 bits per heavy atom. The van der Waals surface area contributed by atoms with Crippen molar-refractivity contribution in [1.29, 1.82) is 0 Å². The van der Waals surface area contributed by atoms with Crippen LogP contribution in [-0.4, -0.2) is 25.9 Å². The Hall–Kier alpha value is -1.22. The van der Waals surface area contributed by atoms with Crippen molar-refractivity contribution < 1.29 is 14.6 Å². The second-order valence-electron chi connectivity index (χ2n) is 3.71. The molecule has 1 unspecified atom stereocenters. The molecule has 1 aromatic carbocycles. The van der Waals surface area contributed by atoms with Crippen molar-refractivity contribution in [3.63, 3.8) is 0 Å². The third-order valence-corrected chi connectivity index (χ3v) is 2.31. The fourth-order valence-electron chi connectivity index (χ4n) is 1.45. The fraction of sp³-hybridized carbons (Fsp3) is 0.500. The molecule has 0 aliphatic heterocycles. The second-order valence-corrected chi connectivity index (χ2v) is 3.71. The number of ether oxygens (including phenoxy) is 2. The molecule has 0 fully saturated rings. The van der Waals surface area contributed by atoms with Gasteiger partial charge in [0.25, 0.3) is 0 Å². The Morgan fingerprint density at radius 3 is 2.07 bits per heavy atom. The summed E-state index contributed by atoms with van der Waals surface area (Å²) in [7, 11) is 3.27. The molecule has 1 rings (SSSR count). The molecule has 0 radical (unpaired) electrons. The van der Waals surface area contributed by atoms with Crippen LogP contribution in [0.1, 0.15) is 12.5 Å². The van der Waals surface area contributed by atoms with Crippen molar-refractivity contribution >= 4 is 0 Å². The van der Waals surface area contributed by atoms with E-state index in [-0.39, 0.29) is 12.5 Å². The van der Waals surface area contributed by atoms with E-state index in [1.807, 2.05) is 25.1 Å². The van der Waals surface area contributed by atoms with Gasteiger partial charge >= 0.3 is 0 Å². The first-order valence-corrected chi connectivity index (χ1v) is 5.02. The summed E-state index contributed by atoms with van der Waals surface area (Å²) in [4.78, 5) is 0. The van der Waals surface area contributed by atoms with Crippen LogP contribution in [0.3, 0.4) is 0 Å². The smallest absolute Gasteiger partial charge is 0.122 e. The monoisotopic (exact) mass is 210 g/mol. The van der Waals surface area contributed by atoms with E-state index in [0.717, 1.165) is 23.5 Å². The zero-order chi connectivity index (χ0) is 11.3. The highest BCUT2D eigenvalue weighted by atomic mass is 16.5. The number of hydrogen-bond acceptors (Lipinski definition) is 3. The van der Waals surface area contributed by atoms with E-state index < -0.39 is 0 Å². The molecule has 1 atom stereocenters. The van der Waals surface area contributed by atoms with Crippen LogP contribution < -0.4 is 9.47 Å². The van der Waals surface area contributed by atoms with E-state index in [1.54, 1.807) is 14.2 Å². The SMILES string of the molecule is COc1cc(CC(C)CO)cc(OC)c1. The molecule has 0 saturated heterocycles. The van der Waals surface area contributed by atoms with Crippen LogP contribution in [-0.2, 0) is 6.42 Å². The van der Waals surface area contributed by atoms with Crippen LogP contribution >= 0.6 is 0 Å². The molecule has 3 heteroatoms. The minimum atomic E-state index is 0.194. The largest absolute Gasteiger partial charge is 0.497 e. The maximum Gasteiger partial charge on any atom is 0.122 e. The highest BCUT2D eigenvalue weighted by Gasteiger charge is 2.05. The molecule has 0 aliphatic rings. The summed E-state index contributed by atoms with van der Waals surface area (Å²) in [5, 5.41) is 8.99. The van der Waals surface area contributed by atoms with Crippen molar-refractivity contribution in [2.45, 2.75) is 13.3 Å². The molecule has 0 saturated carbocycles. The number of aliphatic hydroxyl groups is 1. The van der Waals surface area contributed by atoms with Gasteiger partial charge in [0.1, 0.15) is 11.5 Å². The van der Waals surface area contributed by atoms with Gasteiger partial charge in [0, 0.05) is 12.7 Å². The third kappa shape index (κ3) is 3.44. The van der Waals surface area contributed by atoms with Crippen molar-refractivity contribution in [3.05, 3.63) is 23.8 Å². The number of methoxy groups -OCH3 is 2. The minimum Gasteiger partial charge on any atom is -0.497 e. The van der Waals surface area contributed by atoms with Crippen LogP contribution in [0.5, 0.6) is 11.5 Å². The van der Waals surface area contributed by atoms with Crippen molar-refractivity contribution in [2.75, 3.05) is 20.8 Å². The Kier molecular flexibility index (Phi) is 4.43. The van der Waals surface area contributed by atoms with Gasteiger partial charge in [0.2, 0.25) is 0 Å². The summed E-state index contributed by atoms with van der Waals surface area (Å²) in [5.74, 6) is 1.82. The molecule has 3 nitrogen and oxygen atoms in total. The molecule has 0 heterocycles. The maximum atomic E-state index is 8.99. The maximum absolute atomic E-state index is 8.99. The Balaban J connectivity index is 2.86. The van der Waals surface area contributed by atoms with Gasteiger partial charge in [-0.1, -0.05) is 6.92 Å². The molecule has 0 amide bonds. The lowest BCUT2D eigenvalue weighted by Crippen LogP contribution is -2.04. The summed E-state index contributed by atoms with van der Waals surface area (Å²) < 4.78 is 10.3. The van der Waals surface area contributed by atoms with Gasteiger partial charge in [-0.3, -0.25) is 0 Å². The van der Waals surface area contributed by atoms with Crippen LogP contribution in [0.2, 0.25) is 0 Å². The van der Waals surface area contributed by atoms with E-state index in [0.29, 0.717) is 0 Å². The molecule has 1 aromatic rings. The number of aliphatic hydroxyl groups excluding tert-OH is 1. The number of hydrogen-bond donors (Lipinski definition) is 1. The highest BCUT2D eigenvalue weighted by Crippen LogP contribution is 2.24. The quantitative estimate of drug-likeness (QED) is 0.806. The molecular formula is C12H18O3. The summed E-state index contributed by atoms with van der Waals surface area (Å²) >= 11 is 0. The van der Waals surface area contributed by atoms with E-state index in [4.69, 9.17) is 14.6 Å². The number of benzene rings is 1. The molecule has 1 N–H and O–H groups in total. The van der Waals surface area contributed by atoms with Crippen LogP contribution in [0.15, 0.2) is 18.2 Å². The average Bonchev–Trinajstić information content (AvgIpc) is 2.28.